The van der Waals surface area contributed by atoms with Crippen LogP contribution in [0.1, 0.15) is 22.3 Å². The van der Waals surface area contributed by atoms with Gasteiger partial charge in [0.1, 0.15) is 0 Å². The molecule has 0 bridgehead atoms. The quantitative estimate of drug-likeness (QED) is 0.129. The number of anilines is 9. The van der Waals surface area contributed by atoms with Crippen LogP contribution in [-0.2, 0) is 5.41 Å². The molecule has 0 amide bonds. The smallest absolute Gasteiger partial charge is 0.0755 e. The summed E-state index contributed by atoms with van der Waals surface area (Å²) in [6.07, 6.45) is 0. The molecule has 5 heteroatoms. The standard InChI is InChI=1S/C91H61N5/c1-6-24-62(25-7-1)64-42-46-69(47-43-64)92(71-52-56-87-79(58-71)77-34-16-20-38-85(77)94(87)66-28-10-3-11-29-66)73-50-54-75-76-55-51-74(61-84(76)91(83(75)60-73)81-36-18-22-40-89(81)96(68-32-14-5-15-33-68)90-41-23-19-37-82(90)91)93(70-48-44-65(45-49-70)63-26-8-2-9-27-63)72-53-57-88-80(59-72)78-35-17-21-39-86(78)95(88)67-30-12-4-13-31-67/h1-61H. The maximum absolute atomic E-state index is 2.53. The normalized spacial score (nSPS) is 12.6. The Morgan fingerprint density at radius 3 is 0.948 bits per heavy atom. The molecule has 0 saturated carbocycles. The molecule has 0 fully saturated rings. The molecule has 0 atom stereocenters. The Labute approximate surface area is 557 Å². The van der Waals surface area contributed by atoms with Crippen LogP contribution in [0.25, 0.3) is 88.4 Å². The van der Waals surface area contributed by atoms with Crippen LogP contribution < -0.4 is 14.7 Å². The van der Waals surface area contributed by atoms with Crippen molar-refractivity contribution in [3.63, 3.8) is 0 Å². The Morgan fingerprint density at radius 2 is 0.521 bits per heavy atom. The second kappa shape index (κ2) is 22.3. The first-order valence-corrected chi connectivity index (χ1v) is 33.1. The fourth-order valence-corrected chi connectivity index (χ4v) is 15.9. The van der Waals surface area contributed by atoms with Crippen LogP contribution in [0, 0.1) is 0 Å². The zero-order valence-corrected chi connectivity index (χ0v) is 52.5. The molecule has 2 aliphatic rings. The summed E-state index contributed by atoms with van der Waals surface area (Å²) in [6.45, 7) is 0. The Morgan fingerprint density at radius 1 is 0.208 bits per heavy atom. The van der Waals surface area contributed by atoms with Crippen molar-refractivity contribution in [1.82, 2.24) is 9.13 Å². The second-order valence-corrected chi connectivity index (χ2v) is 25.2. The highest BCUT2D eigenvalue weighted by atomic mass is 15.2. The van der Waals surface area contributed by atoms with E-state index in [2.05, 4.69) is 394 Å². The van der Waals surface area contributed by atoms with Gasteiger partial charge >= 0.3 is 0 Å². The third-order valence-electron chi connectivity index (χ3n) is 20.1. The minimum Gasteiger partial charge on any atom is -0.310 e. The lowest BCUT2D eigenvalue weighted by Gasteiger charge is -2.45. The van der Waals surface area contributed by atoms with Gasteiger partial charge in [-0.05, 0) is 201 Å². The van der Waals surface area contributed by atoms with Gasteiger partial charge in [0.15, 0.2) is 0 Å². The SMILES string of the molecule is c1ccc(-c2ccc(N(c3ccc4c(c3)C3(c5cc(N(c6ccc(-c7ccccc7)cc6)c6ccc7c(c6)c6ccccc6n7-c6ccccc6)ccc5-4)c4ccccc4N(c4ccccc4)c4ccccc43)c3ccc4c(c3)c3ccccc3n4-c3ccccc3)cc2)cc1. The minimum absolute atomic E-state index is 0.819. The predicted molar refractivity (Wildman–Crippen MR) is 401 cm³/mol. The van der Waals surface area contributed by atoms with Crippen LogP contribution in [0.5, 0.6) is 0 Å². The van der Waals surface area contributed by atoms with Crippen molar-refractivity contribution in [1.29, 1.82) is 0 Å². The summed E-state index contributed by atoms with van der Waals surface area (Å²) < 4.78 is 4.80. The van der Waals surface area contributed by atoms with Crippen LogP contribution in [0.2, 0.25) is 0 Å². The Balaban J connectivity index is 0.857. The summed E-state index contributed by atoms with van der Waals surface area (Å²) in [5.74, 6) is 0. The third kappa shape index (κ3) is 8.57. The van der Waals surface area contributed by atoms with Gasteiger partial charge in [-0.15, -0.1) is 0 Å². The van der Waals surface area contributed by atoms with E-state index in [1.807, 2.05) is 0 Å². The Bertz CT molecular complexity index is 5480. The molecule has 96 heavy (non-hydrogen) atoms. The molecule has 1 spiro atoms. The van der Waals surface area contributed by atoms with E-state index in [4.69, 9.17) is 0 Å². The third-order valence-corrected chi connectivity index (χ3v) is 20.1. The van der Waals surface area contributed by atoms with Crippen LogP contribution >= 0.6 is 0 Å². The summed E-state index contributed by atoms with van der Waals surface area (Å²) in [7, 11) is 0. The molecule has 15 aromatic carbocycles. The average Bonchev–Trinajstić information content (AvgIpc) is 1.45. The molecule has 19 rings (SSSR count). The molecule has 0 unspecified atom stereocenters. The number of nitrogens with zero attached hydrogens (tertiary/aromatic N) is 5. The van der Waals surface area contributed by atoms with E-state index in [0.717, 1.165) is 73.6 Å². The van der Waals surface area contributed by atoms with Crippen molar-refractivity contribution in [2.75, 3.05) is 14.7 Å². The predicted octanol–water partition coefficient (Wildman–Crippen LogP) is 24.3. The molecular weight excluding hydrogens is 1160 g/mol. The zero-order chi connectivity index (χ0) is 63.3. The topological polar surface area (TPSA) is 19.6 Å². The lowest BCUT2D eigenvalue weighted by molar-refractivity contribution is 0.752. The molecule has 17 aromatic rings. The highest BCUT2D eigenvalue weighted by Crippen LogP contribution is 2.65. The molecule has 2 aromatic heterocycles. The summed E-state index contributed by atoms with van der Waals surface area (Å²) >= 11 is 0. The second-order valence-electron chi connectivity index (χ2n) is 25.2. The van der Waals surface area contributed by atoms with E-state index in [9.17, 15) is 0 Å². The summed E-state index contributed by atoms with van der Waals surface area (Å²) in [5, 5.41) is 4.78. The van der Waals surface area contributed by atoms with E-state index in [0.29, 0.717) is 0 Å². The maximum atomic E-state index is 2.53. The molecule has 5 nitrogen and oxygen atoms in total. The highest BCUT2D eigenvalue weighted by molar-refractivity contribution is 6.12. The van der Waals surface area contributed by atoms with Gasteiger partial charge in [-0.25, -0.2) is 0 Å². The van der Waals surface area contributed by atoms with E-state index >= 15 is 0 Å². The average molecular weight is 1220 g/mol. The number of benzene rings is 15. The van der Waals surface area contributed by atoms with Gasteiger partial charge in [-0.3, -0.25) is 0 Å². The van der Waals surface area contributed by atoms with Gasteiger partial charge in [-0.1, -0.05) is 224 Å². The Kier molecular flexibility index (Phi) is 12.8. The van der Waals surface area contributed by atoms with Crippen LogP contribution in [0.4, 0.5) is 51.2 Å². The molecule has 1 aliphatic heterocycles. The number of hydrogen-bond donors (Lipinski definition) is 0. The van der Waals surface area contributed by atoms with Crippen molar-refractivity contribution < 1.29 is 0 Å². The Hall–Kier alpha value is -12.7. The molecule has 450 valence electrons. The van der Waals surface area contributed by atoms with Gasteiger partial charge in [0.25, 0.3) is 0 Å². The van der Waals surface area contributed by atoms with Crippen LogP contribution in [0.3, 0.4) is 0 Å². The number of para-hydroxylation sites is 7. The van der Waals surface area contributed by atoms with E-state index in [-0.39, 0.29) is 0 Å². The van der Waals surface area contributed by atoms with Crippen LogP contribution in [0.15, 0.2) is 370 Å². The van der Waals surface area contributed by atoms with E-state index in [1.54, 1.807) is 0 Å². The first-order valence-electron chi connectivity index (χ1n) is 33.1. The maximum Gasteiger partial charge on any atom is 0.0755 e. The summed E-state index contributed by atoms with van der Waals surface area (Å²) in [6, 6.07) is 137. The fourth-order valence-electron chi connectivity index (χ4n) is 15.9. The minimum atomic E-state index is -0.819. The lowest BCUT2D eigenvalue weighted by Crippen LogP contribution is -2.36. The monoisotopic (exact) mass is 1220 g/mol. The number of fused-ring (bicyclic) bond motifs is 15. The van der Waals surface area contributed by atoms with Crippen LogP contribution in [-0.4, -0.2) is 9.13 Å². The van der Waals surface area contributed by atoms with Gasteiger partial charge in [-0.2, -0.15) is 0 Å². The first kappa shape index (κ1) is 55.0. The number of rotatable bonds is 11. The molecule has 3 heterocycles. The van der Waals surface area contributed by atoms with Crippen molar-refractivity contribution >= 4 is 94.8 Å². The molecule has 1 aliphatic carbocycles. The zero-order valence-electron chi connectivity index (χ0n) is 52.5. The number of hydrogen-bond acceptors (Lipinski definition) is 3. The van der Waals surface area contributed by atoms with Gasteiger partial charge < -0.3 is 23.8 Å². The van der Waals surface area contributed by atoms with Crippen molar-refractivity contribution in [3.05, 3.63) is 392 Å². The summed E-state index contributed by atoms with van der Waals surface area (Å²) in [4.78, 5) is 7.44. The fraction of sp³-hybridized carbons (Fsp3) is 0.0110. The van der Waals surface area contributed by atoms with E-state index in [1.165, 1.54) is 88.2 Å². The van der Waals surface area contributed by atoms with Gasteiger partial charge in [0.05, 0.1) is 38.9 Å². The van der Waals surface area contributed by atoms with Crippen molar-refractivity contribution in [2.24, 2.45) is 0 Å². The van der Waals surface area contributed by atoms with Crippen molar-refractivity contribution in [3.8, 4) is 44.8 Å². The molecule has 0 saturated heterocycles. The highest BCUT2D eigenvalue weighted by Gasteiger charge is 2.52. The molecule has 0 N–H and O–H groups in total. The van der Waals surface area contributed by atoms with Gasteiger partial charge in [0, 0.05) is 72.7 Å². The largest absolute Gasteiger partial charge is 0.310 e. The molecule has 0 radical (unpaired) electrons. The van der Waals surface area contributed by atoms with Crippen molar-refractivity contribution in [2.45, 2.75) is 5.41 Å². The van der Waals surface area contributed by atoms with Gasteiger partial charge in [0.2, 0.25) is 0 Å². The molecular formula is C91H61N5. The van der Waals surface area contributed by atoms with E-state index < -0.39 is 5.41 Å². The lowest BCUT2D eigenvalue weighted by atomic mass is 9.64. The summed E-state index contributed by atoms with van der Waals surface area (Å²) in [5.41, 5.74) is 27.8. The number of aromatic nitrogens is 2. The first-order chi connectivity index (χ1) is 47.6.